The lowest BCUT2D eigenvalue weighted by Gasteiger charge is -2.35. The maximum atomic E-state index is 11.4. The number of aromatic nitrogens is 2. The van der Waals surface area contributed by atoms with E-state index in [9.17, 15) is 14.4 Å². The third-order valence-electron chi connectivity index (χ3n) is 3.81. The molecule has 1 aromatic rings. The molecule has 3 N–H and O–H groups in total. The molecule has 8 heteroatoms. The molecule has 1 saturated carbocycles. The summed E-state index contributed by atoms with van der Waals surface area (Å²) in [5, 5.41) is 15.6. The van der Waals surface area contributed by atoms with Gasteiger partial charge in [0.1, 0.15) is 11.3 Å². The van der Waals surface area contributed by atoms with Gasteiger partial charge in [-0.1, -0.05) is 7.43 Å². The molecule has 8 nitrogen and oxygen atoms in total. The number of nitrogens with two attached hydrogens (primary N) is 1. The van der Waals surface area contributed by atoms with Gasteiger partial charge in [-0.05, 0) is 12.8 Å². The summed E-state index contributed by atoms with van der Waals surface area (Å²) in [6.45, 7) is 0. The highest BCUT2D eigenvalue weighted by atomic mass is 16.1. The van der Waals surface area contributed by atoms with Gasteiger partial charge in [0.2, 0.25) is 6.41 Å². The van der Waals surface area contributed by atoms with E-state index < -0.39 is 11.4 Å². The molecule has 0 spiro atoms. The molecule has 22 heavy (non-hydrogen) atoms. The fourth-order valence-corrected chi connectivity index (χ4v) is 2.59. The minimum atomic E-state index is -0.718. The zero-order chi connectivity index (χ0) is 15.5. The van der Waals surface area contributed by atoms with Gasteiger partial charge in [0.15, 0.2) is 5.82 Å². The molecule has 2 amide bonds. The molecule has 1 fully saturated rings. The minimum Gasteiger partial charge on any atom is -0.365 e. The molecule has 1 heterocycles. The first-order valence-corrected chi connectivity index (χ1v) is 6.51. The lowest BCUT2D eigenvalue weighted by atomic mass is 9.79. The smallest absolute Gasteiger partial charge is 0.254 e. The summed E-state index contributed by atoms with van der Waals surface area (Å²) in [6.07, 6.45) is 3.68. The number of nitrogens with zero attached hydrogens (tertiary/aromatic N) is 3. The van der Waals surface area contributed by atoms with Gasteiger partial charge >= 0.3 is 0 Å². The van der Waals surface area contributed by atoms with E-state index in [4.69, 9.17) is 11.0 Å². The largest absolute Gasteiger partial charge is 0.365 e. The van der Waals surface area contributed by atoms with Gasteiger partial charge in [0.05, 0.1) is 18.0 Å². The van der Waals surface area contributed by atoms with Crippen LogP contribution in [0.3, 0.4) is 0 Å². The van der Waals surface area contributed by atoms with Crippen LogP contribution in [0.15, 0.2) is 6.20 Å². The Bertz CT molecular complexity index is 619. The summed E-state index contributed by atoms with van der Waals surface area (Å²) in [7, 11) is 0. The van der Waals surface area contributed by atoms with Crippen LogP contribution in [0.2, 0.25) is 0 Å². The van der Waals surface area contributed by atoms with E-state index in [0.717, 1.165) is 0 Å². The van der Waals surface area contributed by atoms with Crippen molar-refractivity contribution in [3.63, 3.8) is 0 Å². The number of primary amides is 1. The van der Waals surface area contributed by atoms with Crippen LogP contribution < -0.4 is 11.1 Å². The van der Waals surface area contributed by atoms with Gasteiger partial charge < -0.3 is 11.1 Å². The molecule has 1 aliphatic carbocycles. The van der Waals surface area contributed by atoms with Crippen molar-refractivity contribution < 1.29 is 14.4 Å². The number of hydrogen-bond acceptors (Lipinski definition) is 5. The van der Waals surface area contributed by atoms with Crippen molar-refractivity contribution in [2.75, 3.05) is 5.32 Å². The van der Waals surface area contributed by atoms with Crippen molar-refractivity contribution >= 4 is 23.9 Å². The number of carbonyl (C=O) groups excluding carboxylic acids is 3. The zero-order valence-corrected chi connectivity index (χ0v) is 11.3. The molecule has 1 aromatic heterocycles. The van der Waals surface area contributed by atoms with Crippen LogP contribution in [-0.4, -0.2) is 27.9 Å². The minimum absolute atomic E-state index is 0. The first-order chi connectivity index (χ1) is 10.0. The quantitative estimate of drug-likeness (QED) is 0.781. The Morgan fingerprint density at radius 1 is 1.55 bits per heavy atom. The zero-order valence-electron chi connectivity index (χ0n) is 11.3. The van der Waals surface area contributed by atoms with Gasteiger partial charge in [0, 0.05) is 19.0 Å². The lowest BCUT2D eigenvalue weighted by molar-refractivity contribution is -0.122. The molecule has 0 aliphatic heterocycles. The highest BCUT2D eigenvalue weighted by molar-refractivity contribution is 5.99. The molecular weight excluding hydrogens is 286 g/mol. The normalized spacial score (nSPS) is 16.2. The van der Waals surface area contributed by atoms with Crippen LogP contribution in [0, 0.1) is 11.3 Å². The molecule has 118 valence electrons. The number of rotatable bonds is 5. The van der Waals surface area contributed by atoms with E-state index in [-0.39, 0.29) is 31.0 Å². The average molecular weight is 305 g/mol. The van der Waals surface area contributed by atoms with Crippen LogP contribution in [0.5, 0.6) is 0 Å². The number of Topliss-reactive ketones (excluding diaryl/α,β-unsaturated/α-hetero) is 1. The summed E-state index contributed by atoms with van der Waals surface area (Å²) in [5.74, 6) is -0.506. The number of hydrogen-bond donors (Lipinski definition) is 2. The standard InChI is InChI=1S/C13H15N5O3.CH4/c14-6-5-13(3-1-9(20)2-4-13)18-7-10(11(15)21)12(17-18)16-8-19;/h7-8H,1-5H2,(H2,15,21)(H,16,17,19);1H4. The number of ketones is 1. The van der Waals surface area contributed by atoms with Gasteiger partial charge in [-0.3, -0.25) is 19.1 Å². The summed E-state index contributed by atoms with van der Waals surface area (Å²) >= 11 is 0. The number of anilines is 1. The van der Waals surface area contributed by atoms with Crippen LogP contribution in [0.4, 0.5) is 5.82 Å². The highest BCUT2D eigenvalue weighted by Gasteiger charge is 2.38. The fourth-order valence-electron chi connectivity index (χ4n) is 2.59. The predicted octanol–water partition coefficient (Wildman–Crippen LogP) is 0.938. The summed E-state index contributed by atoms with van der Waals surface area (Å²) < 4.78 is 1.49. The fraction of sp³-hybridized carbons (Fsp3) is 0.500. The number of nitriles is 1. The number of amides is 2. The second kappa shape index (κ2) is 6.85. The Balaban J connectivity index is 0.00000242. The second-order valence-corrected chi connectivity index (χ2v) is 5.06. The van der Waals surface area contributed by atoms with E-state index in [2.05, 4.69) is 16.5 Å². The average Bonchev–Trinajstić information content (AvgIpc) is 2.87. The number of carbonyl (C=O) groups is 3. The molecular formula is C14H19N5O3. The predicted molar refractivity (Wildman–Crippen MR) is 78.8 cm³/mol. The Morgan fingerprint density at radius 2 is 2.18 bits per heavy atom. The van der Waals surface area contributed by atoms with Gasteiger partial charge in [0.25, 0.3) is 5.91 Å². The molecule has 0 aromatic carbocycles. The Morgan fingerprint density at radius 3 is 2.68 bits per heavy atom. The van der Waals surface area contributed by atoms with E-state index in [1.807, 2.05) is 0 Å². The molecule has 1 aliphatic rings. The Kier molecular flexibility index (Phi) is 5.40. The van der Waals surface area contributed by atoms with Crippen LogP contribution in [0.1, 0.15) is 49.9 Å². The Labute approximate surface area is 128 Å². The van der Waals surface area contributed by atoms with E-state index in [1.165, 1.54) is 10.9 Å². The van der Waals surface area contributed by atoms with Crippen LogP contribution >= 0.6 is 0 Å². The maximum absolute atomic E-state index is 11.4. The van der Waals surface area contributed by atoms with Gasteiger partial charge in [-0.15, -0.1) is 0 Å². The van der Waals surface area contributed by atoms with E-state index in [1.54, 1.807) is 0 Å². The van der Waals surface area contributed by atoms with E-state index in [0.29, 0.717) is 32.1 Å². The third-order valence-corrected chi connectivity index (χ3v) is 3.81. The second-order valence-electron chi connectivity index (χ2n) is 5.06. The summed E-state index contributed by atoms with van der Waals surface area (Å²) in [5.41, 5.74) is 4.70. The molecule has 0 atom stereocenters. The molecule has 0 radical (unpaired) electrons. The van der Waals surface area contributed by atoms with Crippen LogP contribution in [0.25, 0.3) is 0 Å². The monoisotopic (exact) mass is 305 g/mol. The van der Waals surface area contributed by atoms with E-state index >= 15 is 0 Å². The van der Waals surface area contributed by atoms with Crippen molar-refractivity contribution in [3.05, 3.63) is 11.8 Å². The third kappa shape index (κ3) is 3.14. The number of nitrogens with one attached hydrogen (secondary N) is 1. The van der Waals surface area contributed by atoms with Crippen molar-refractivity contribution in [3.8, 4) is 6.07 Å². The van der Waals surface area contributed by atoms with Gasteiger partial charge in [-0.25, -0.2) is 0 Å². The maximum Gasteiger partial charge on any atom is 0.254 e. The molecule has 0 saturated heterocycles. The van der Waals surface area contributed by atoms with Crippen molar-refractivity contribution in [1.82, 2.24) is 9.78 Å². The summed E-state index contributed by atoms with van der Waals surface area (Å²) in [6, 6.07) is 2.10. The van der Waals surface area contributed by atoms with Crippen LogP contribution in [-0.2, 0) is 15.1 Å². The first kappa shape index (κ1) is 17.4. The van der Waals surface area contributed by atoms with Crippen molar-refractivity contribution in [1.29, 1.82) is 5.26 Å². The molecule has 0 bridgehead atoms. The first-order valence-electron chi connectivity index (χ1n) is 6.51. The SMILES string of the molecule is C.N#CCC1(n2cc(C(N)=O)c(NC=O)n2)CCC(=O)CC1. The molecule has 2 rings (SSSR count). The highest BCUT2D eigenvalue weighted by Crippen LogP contribution is 2.37. The lowest BCUT2D eigenvalue weighted by Crippen LogP contribution is -2.38. The summed E-state index contributed by atoms with van der Waals surface area (Å²) in [4.78, 5) is 33.4. The van der Waals surface area contributed by atoms with Crippen molar-refractivity contribution in [2.45, 2.75) is 45.1 Å². The molecule has 0 unspecified atom stereocenters. The van der Waals surface area contributed by atoms with Crippen molar-refractivity contribution in [2.24, 2.45) is 5.73 Å². The van der Waals surface area contributed by atoms with Gasteiger partial charge in [-0.2, -0.15) is 10.4 Å². The Hall–Kier alpha value is -2.69. The topological polar surface area (TPSA) is 131 Å².